The molecule has 1 N–H and O–H groups in total. The minimum atomic E-state index is -0.0860. The Kier molecular flexibility index (Phi) is 4.06. The van der Waals surface area contributed by atoms with Gasteiger partial charge in [0.1, 0.15) is 17.1 Å². The van der Waals surface area contributed by atoms with Crippen molar-refractivity contribution in [1.82, 2.24) is 35.1 Å². The largest absolute Gasteiger partial charge is 0.378 e. The number of carbonyl (C=O) groups is 1. The average molecular weight is 375 g/mol. The van der Waals surface area contributed by atoms with E-state index in [2.05, 4.69) is 25.5 Å². The van der Waals surface area contributed by atoms with Gasteiger partial charge < -0.3 is 9.64 Å². The summed E-state index contributed by atoms with van der Waals surface area (Å²) in [6, 6.07) is 11.4. The fourth-order valence-electron chi connectivity index (χ4n) is 3.23. The molecule has 5 rings (SSSR count). The number of fused-ring (bicyclic) bond motifs is 1. The molecule has 9 heteroatoms. The minimum Gasteiger partial charge on any atom is -0.378 e. The Bertz CT molecular complexity index is 1130. The predicted octanol–water partition coefficient (Wildman–Crippen LogP) is 1.68. The first-order valence-electron chi connectivity index (χ1n) is 8.99. The van der Waals surface area contributed by atoms with Gasteiger partial charge in [0.15, 0.2) is 0 Å². The van der Waals surface area contributed by atoms with Gasteiger partial charge in [-0.15, -0.1) is 5.10 Å². The van der Waals surface area contributed by atoms with E-state index in [1.54, 1.807) is 28.0 Å². The molecule has 1 aromatic carbocycles. The molecule has 0 bridgehead atoms. The molecule has 3 aromatic heterocycles. The SMILES string of the molecule is O=C(c1ccc(-n2cc(-c3n[nH]c4ccccc34)nn2)cn1)N1CCOCC1. The van der Waals surface area contributed by atoms with E-state index in [0.29, 0.717) is 37.7 Å². The summed E-state index contributed by atoms with van der Waals surface area (Å²) >= 11 is 0. The van der Waals surface area contributed by atoms with E-state index in [1.165, 1.54) is 0 Å². The number of para-hydroxylation sites is 1. The van der Waals surface area contributed by atoms with E-state index in [0.717, 1.165) is 22.3 Å². The molecule has 0 atom stereocenters. The molecule has 28 heavy (non-hydrogen) atoms. The van der Waals surface area contributed by atoms with Crippen molar-refractivity contribution in [2.45, 2.75) is 0 Å². The van der Waals surface area contributed by atoms with E-state index >= 15 is 0 Å². The Morgan fingerprint density at radius 1 is 1.11 bits per heavy atom. The Morgan fingerprint density at radius 3 is 2.79 bits per heavy atom. The Labute approximate surface area is 159 Å². The van der Waals surface area contributed by atoms with Crippen molar-refractivity contribution in [3.8, 4) is 17.1 Å². The van der Waals surface area contributed by atoms with Crippen LogP contribution in [0, 0.1) is 0 Å². The van der Waals surface area contributed by atoms with Crippen LogP contribution in [-0.2, 0) is 4.74 Å². The third-order valence-corrected chi connectivity index (χ3v) is 4.74. The smallest absolute Gasteiger partial charge is 0.272 e. The molecule has 0 radical (unpaired) electrons. The molecule has 1 saturated heterocycles. The lowest BCUT2D eigenvalue weighted by Crippen LogP contribution is -2.41. The van der Waals surface area contributed by atoms with E-state index in [4.69, 9.17) is 4.74 Å². The number of ether oxygens (including phenoxy) is 1. The van der Waals surface area contributed by atoms with E-state index in [-0.39, 0.29) is 5.91 Å². The van der Waals surface area contributed by atoms with Crippen molar-refractivity contribution < 1.29 is 9.53 Å². The molecule has 1 aliphatic rings. The number of nitrogens with zero attached hydrogens (tertiary/aromatic N) is 6. The molecule has 140 valence electrons. The van der Waals surface area contributed by atoms with E-state index < -0.39 is 0 Å². The van der Waals surface area contributed by atoms with Crippen LogP contribution < -0.4 is 0 Å². The summed E-state index contributed by atoms with van der Waals surface area (Å²) < 4.78 is 6.90. The number of H-pyrrole nitrogens is 1. The lowest BCUT2D eigenvalue weighted by molar-refractivity contribution is 0.0299. The summed E-state index contributed by atoms with van der Waals surface area (Å²) in [7, 11) is 0. The van der Waals surface area contributed by atoms with Gasteiger partial charge in [-0.05, 0) is 18.2 Å². The maximum absolute atomic E-state index is 12.5. The van der Waals surface area contributed by atoms with Crippen molar-refractivity contribution in [2.75, 3.05) is 26.3 Å². The summed E-state index contributed by atoms with van der Waals surface area (Å²) in [6.07, 6.45) is 3.41. The van der Waals surface area contributed by atoms with Gasteiger partial charge in [0.2, 0.25) is 0 Å². The van der Waals surface area contributed by atoms with Gasteiger partial charge in [-0.25, -0.2) is 9.67 Å². The van der Waals surface area contributed by atoms with Gasteiger partial charge in [-0.1, -0.05) is 23.4 Å². The second-order valence-electron chi connectivity index (χ2n) is 6.47. The number of rotatable bonds is 3. The van der Waals surface area contributed by atoms with Crippen LogP contribution in [0.4, 0.5) is 0 Å². The number of nitrogens with one attached hydrogen (secondary N) is 1. The van der Waals surface area contributed by atoms with Crippen LogP contribution in [0.15, 0.2) is 48.8 Å². The first-order chi connectivity index (χ1) is 13.8. The van der Waals surface area contributed by atoms with Gasteiger partial charge >= 0.3 is 0 Å². The monoisotopic (exact) mass is 375 g/mol. The number of pyridine rings is 1. The predicted molar refractivity (Wildman–Crippen MR) is 101 cm³/mol. The van der Waals surface area contributed by atoms with Crippen LogP contribution in [0.3, 0.4) is 0 Å². The molecule has 0 aliphatic carbocycles. The number of benzene rings is 1. The molecule has 1 fully saturated rings. The second-order valence-corrected chi connectivity index (χ2v) is 6.47. The third-order valence-electron chi connectivity index (χ3n) is 4.74. The highest BCUT2D eigenvalue weighted by Gasteiger charge is 2.19. The summed E-state index contributed by atoms with van der Waals surface area (Å²) in [5.74, 6) is -0.0860. The van der Waals surface area contributed by atoms with Gasteiger partial charge in [0.25, 0.3) is 5.91 Å². The number of amides is 1. The van der Waals surface area contributed by atoms with Crippen LogP contribution in [0.1, 0.15) is 10.5 Å². The normalized spacial score (nSPS) is 14.5. The van der Waals surface area contributed by atoms with Crippen LogP contribution >= 0.6 is 0 Å². The topological polar surface area (TPSA) is 102 Å². The summed E-state index contributed by atoms with van der Waals surface area (Å²) in [6.45, 7) is 2.31. The second kappa shape index (κ2) is 6.86. The standard InChI is InChI=1S/C19H17N7O2/c27-19(25-7-9-28-10-8-25)16-6-5-13(11-20-16)26-12-17(22-24-26)18-14-3-1-2-4-15(14)21-23-18/h1-6,11-12H,7-10H2,(H,21,23). The molecule has 1 aliphatic heterocycles. The first-order valence-corrected chi connectivity index (χ1v) is 8.99. The van der Waals surface area contributed by atoms with Crippen LogP contribution in [0.5, 0.6) is 0 Å². The molecule has 4 heterocycles. The molecule has 4 aromatic rings. The molecule has 0 saturated carbocycles. The fraction of sp³-hybridized carbons (Fsp3) is 0.211. The highest BCUT2D eigenvalue weighted by molar-refractivity contribution is 5.92. The molecule has 1 amide bonds. The molecular weight excluding hydrogens is 358 g/mol. The molecule has 0 unspecified atom stereocenters. The zero-order valence-corrected chi connectivity index (χ0v) is 14.9. The summed E-state index contributed by atoms with van der Waals surface area (Å²) in [5, 5.41) is 16.7. The first kappa shape index (κ1) is 16.6. The van der Waals surface area contributed by atoms with E-state index in [1.807, 2.05) is 30.3 Å². The summed E-state index contributed by atoms with van der Waals surface area (Å²) in [5.41, 5.74) is 3.47. The fourth-order valence-corrected chi connectivity index (χ4v) is 3.23. The number of aromatic amines is 1. The number of hydrogen-bond donors (Lipinski definition) is 1. The number of aromatic nitrogens is 6. The van der Waals surface area contributed by atoms with Crippen LogP contribution in [-0.4, -0.2) is 67.3 Å². The third kappa shape index (κ3) is 2.91. The van der Waals surface area contributed by atoms with Gasteiger partial charge in [0.05, 0.1) is 36.8 Å². The molecule has 9 nitrogen and oxygen atoms in total. The van der Waals surface area contributed by atoms with Crippen LogP contribution in [0.2, 0.25) is 0 Å². The maximum Gasteiger partial charge on any atom is 0.272 e. The van der Waals surface area contributed by atoms with Crippen molar-refractivity contribution in [1.29, 1.82) is 0 Å². The lowest BCUT2D eigenvalue weighted by atomic mass is 10.2. The van der Waals surface area contributed by atoms with E-state index in [9.17, 15) is 4.79 Å². The number of morpholine rings is 1. The zero-order chi connectivity index (χ0) is 18.9. The maximum atomic E-state index is 12.5. The van der Waals surface area contributed by atoms with Crippen molar-refractivity contribution in [2.24, 2.45) is 0 Å². The molecule has 0 spiro atoms. The van der Waals surface area contributed by atoms with Crippen molar-refractivity contribution >= 4 is 16.8 Å². The molecular formula is C19H17N7O2. The summed E-state index contributed by atoms with van der Waals surface area (Å²) in [4.78, 5) is 18.6. The van der Waals surface area contributed by atoms with Crippen LogP contribution in [0.25, 0.3) is 28.0 Å². The lowest BCUT2D eigenvalue weighted by Gasteiger charge is -2.26. The average Bonchev–Trinajstić information content (AvgIpc) is 3.41. The van der Waals surface area contributed by atoms with Crippen molar-refractivity contribution in [3.63, 3.8) is 0 Å². The van der Waals surface area contributed by atoms with Gasteiger partial charge in [-0.2, -0.15) is 5.10 Å². The van der Waals surface area contributed by atoms with Gasteiger partial charge in [-0.3, -0.25) is 9.89 Å². The number of carbonyl (C=O) groups excluding carboxylic acids is 1. The minimum absolute atomic E-state index is 0.0860. The Morgan fingerprint density at radius 2 is 1.96 bits per heavy atom. The van der Waals surface area contributed by atoms with Crippen molar-refractivity contribution in [3.05, 3.63) is 54.5 Å². The zero-order valence-electron chi connectivity index (χ0n) is 14.9. The Hall–Kier alpha value is -3.59. The highest BCUT2D eigenvalue weighted by atomic mass is 16.5. The van der Waals surface area contributed by atoms with Gasteiger partial charge in [0, 0.05) is 18.5 Å². The highest BCUT2D eigenvalue weighted by Crippen LogP contribution is 2.24. The Balaban J connectivity index is 1.39. The number of hydrogen-bond acceptors (Lipinski definition) is 6. The quantitative estimate of drug-likeness (QED) is 0.585.